The summed E-state index contributed by atoms with van der Waals surface area (Å²) in [6, 6.07) is 9.31. The Labute approximate surface area is 90.2 Å². The fourth-order valence-electron chi connectivity index (χ4n) is 1.17. The summed E-state index contributed by atoms with van der Waals surface area (Å²) in [4.78, 5) is 13.0. The second-order valence-corrected chi connectivity index (χ2v) is 3.36. The van der Waals surface area contributed by atoms with Crippen LogP contribution in [0.15, 0.2) is 42.1 Å². The lowest BCUT2D eigenvalue weighted by atomic mass is 10.2. The molecular weight excluding hydrogens is 186 g/mol. The van der Waals surface area contributed by atoms with Crippen molar-refractivity contribution in [3.8, 4) is 12.3 Å². The molecule has 1 aromatic carbocycles. The van der Waals surface area contributed by atoms with E-state index in [2.05, 4.69) is 5.92 Å². The Morgan fingerprint density at radius 1 is 1.33 bits per heavy atom. The zero-order chi connectivity index (χ0) is 11.3. The van der Waals surface area contributed by atoms with Crippen LogP contribution in [0.2, 0.25) is 0 Å². The van der Waals surface area contributed by atoms with Crippen molar-refractivity contribution in [1.29, 1.82) is 0 Å². The van der Waals surface area contributed by atoms with Crippen LogP contribution < -0.4 is 4.90 Å². The van der Waals surface area contributed by atoms with E-state index in [-0.39, 0.29) is 5.91 Å². The number of hydrogen-bond acceptors (Lipinski definition) is 1. The third kappa shape index (κ3) is 2.99. The minimum Gasteiger partial charge on any atom is -0.277 e. The van der Waals surface area contributed by atoms with Gasteiger partial charge in [-0.15, -0.1) is 6.42 Å². The van der Waals surface area contributed by atoms with Crippen LogP contribution in [0.4, 0.5) is 5.69 Å². The van der Waals surface area contributed by atoms with Crippen molar-refractivity contribution in [2.24, 2.45) is 0 Å². The van der Waals surface area contributed by atoms with E-state index in [0.29, 0.717) is 0 Å². The number of terminal acetylenes is 1. The molecule has 2 heteroatoms. The molecule has 0 aromatic heterocycles. The van der Waals surface area contributed by atoms with E-state index < -0.39 is 0 Å². The molecule has 0 atom stereocenters. The van der Waals surface area contributed by atoms with Crippen LogP contribution in [0, 0.1) is 12.3 Å². The molecule has 15 heavy (non-hydrogen) atoms. The van der Waals surface area contributed by atoms with Gasteiger partial charge in [-0.1, -0.05) is 23.8 Å². The largest absolute Gasteiger partial charge is 0.306 e. The van der Waals surface area contributed by atoms with E-state index in [0.717, 1.165) is 11.3 Å². The van der Waals surface area contributed by atoms with Crippen LogP contribution >= 0.6 is 0 Å². The number of carbonyl (C=O) groups is 1. The Balaban J connectivity index is 3.09. The Kier molecular flexibility index (Phi) is 3.70. The van der Waals surface area contributed by atoms with Crippen molar-refractivity contribution in [3.63, 3.8) is 0 Å². The number of nitrogens with zero attached hydrogens (tertiary/aromatic N) is 1. The molecule has 0 unspecified atom stereocenters. The highest BCUT2D eigenvalue weighted by atomic mass is 16.2. The van der Waals surface area contributed by atoms with Gasteiger partial charge >= 0.3 is 5.91 Å². The van der Waals surface area contributed by atoms with Crippen molar-refractivity contribution in [2.75, 3.05) is 4.90 Å². The highest BCUT2D eigenvalue weighted by Crippen LogP contribution is 2.14. The lowest BCUT2D eigenvalue weighted by molar-refractivity contribution is -0.112. The number of anilines is 1. The third-order valence-electron chi connectivity index (χ3n) is 1.76. The number of rotatable bonds is 2. The fraction of sp³-hybridized carbons (Fsp3) is 0.154. The zero-order valence-electron chi connectivity index (χ0n) is 8.90. The normalized spacial score (nSPS) is 8.87. The standard InChI is InChI=1S/C13H13NO/c1-4-13(15)14(10-11(2)3)12-8-6-5-7-9-12/h1,5-10H,2-3H3. The van der Waals surface area contributed by atoms with E-state index in [1.165, 1.54) is 4.90 Å². The van der Waals surface area contributed by atoms with E-state index in [1.807, 2.05) is 44.2 Å². The first-order chi connectivity index (χ1) is 7.15. The molecule has 1 aromatic rings. The quantitative estimate of drug-likeness (QED) is 0.670. The van der Waals surface area contributed by atoms with Crippen LogP contribution in [0.5, 0.6) is 0 Å². The molecular formula is C13H13NO. The van der Waals surface area contributed by atoms with Gasteiger partial charge in [0.15, 0.2) is 0 Å². The number of hydrogen-bond donors (Lipinski definition) is 0. The first kappa shape index (κ1) is 11.1. The Morgan fingerprint density at radius 2 is 1.93 bits per heavy atom. The first-order valence-electron chi connectivity index (χ1n) is 4.65. The Hall–Kier alpha value is -2.01. The van der Waals surface area contributed by atoms with Crippen molar-refractivity contribution in [3.05, 3.63) is 42.1 Å². The van der Waals surface area contributed by atoms with Crippen LogP contribution in [0.25, 0.3) is 0 Å². The van der Waals surface area contributed by atoms with Crippen molar-refractivity contribution < 1.29 is 4.79 Å². The number of para-hydroxylation sites is 1. The zero-order valence-corrected chi connectivity index (χ0v) is 8.90. The molecule has 0 saturated carbocycles. The third-order valence-corrected chi connectivity index (χ3v) is 1.76. The molecule has 1 rings (SSSR count). The molecule has 0 aliphatic carbocycles. The minimum absolute atomic E-state index is 0.359. The molecule has 76 valence electrons. The maximum atomic E-state index is 11.5. The molecule has 0 fully saturated rings. The van der Waals surface area contributed by atoms with E-state index >= 15 is 0 Å². The maximum absolute atomic E-state index is 11.5. The van der Waals surface area contributed by atoms with Gasteiger partial charge in [-0.25, -0.2) is 0 Å². The summed E-state index contributed by atoms with van der Waals surface area (Å²) >= 11 is 0. The van der Waals surface area contributed by atoms with Gasteiger partial charge < -0.3 is 0 Å². The number of carbonyl (C=O) groups excluding carboxylic acids is 1. The minimum atomic E-state index is -0.359. The summed E-state index contributed by atoms with van der Waals surface area (Å²) in [6.07, 6.45) is 6.85. The first-order valence-corrected chi connectivity index (χ1v) is 4.65. The second-order valence-electron chi connectivity index (χ2n) is 3.36. The van der Waals surface area contributed by atoms with Gasteiger partial charge in [-0.2, -0.15) is 0 Å². The molecule has 0 spiro atoms. The average molecular weight is 199 g/mol. The van der Waals surface area contributed by atoms with Gasteiger partial charge in [-0.05, 0) is 31.9 Å². The van der Waals surface area contributed by atoms with Gasteiger partial charge in [0.25, 0.3) is 0 Å². The molecule has 0 aliphatic heterocycles. The maximum Gasteiger partial charge on any atom is 0.306 e. The van der Waals surface area contributed by atoms with Crippen LogP contribution in [0.3, 0.4) is 0 Å². The molecule has 0 aliphatic rings. The highest BCUT2D eigenvalue weighted by Gasteiger charge is 2.09. The molecule has 0 radical (unpaired) electrons. The average Bonchev–Trinajstić information content (AvgIpc) is 2.26. The molecule has 0 bridgehead atoms. The van der Waals surface area contributed by atoms with Crippen LogP contribution in [-0.2, 0) is 4.79 Å². The molecule has 0 saturated heterocycles. The SMILES string of the molecule is C#CC(=O)N(C=C(C)C)c1ccccc1. The molecule has 2 nitrogen and oxygen atoms in total. The van der Waals surface area contributed by atoms with Crippen LogP contribution in [0.1, 0.15) is 13.8 Å². The molecule has 1 amide bonds. The summed E-state index contributed by atoms with van der Waals surface area (Å²) in [5.41, 5.74) is 1.80. The number of allylic oxidation sites excluding steroid dienone is 1. The monoisotopic (exact) mass is 199 g/mol. The summed E-state index contributed by atoms with van der Waals surface area (Å²) in [6.45, 7) is 3.83. The summed E-state index contributed by atoms with van der Waals surface area (Å²) in [5, 5.41) is 0. The van der Waals surface area contributed by atoms with Gasteiger partial charge in [0.05, 0.1) is 0 Å². The summed E-state index contributed by atoms with van der Waals surface area (Å²) in [7, 11) is 0. The Morgan fingerprint density at radius 3 is 2.40 bits per heavy atom. The topological polar surface area (TPSA) is 20.3 Å². The smallest absolute Gasteiger partial charge is 0.277 e. The molecule has 0 heterocycles. The van der Waals surface area contributed by atoms with Crippen molar-refractivity contribution in [1.82, 2.24) is 0 Å². The van der Waals surface area contributed by atoms with Gasteiger partial charge in [0.1, 0.15) is 0 Å². The lowest BCUT2D eigenvalue weighted by Gasteiger charge is -2.16. The number of benzene rings is 1. The summed E-state index contributed by atoms with van der Waals surface area (Å²) in [5.74, 6) is 1.75. The molecule has 0 N–H and O–H groups in total. The van der Waals surface area contributed by atoms with Crippen molar-refractivity contribution in [2.45, 2.75) is 13.8 Å². The fourth-order valence-corrected chi connectivity index (χ4v) is 1.17. The van der Waals surface area contributed by atoms with E-state index in [1.54, 1.807) is 6.20 Å². The van der Waals surface area contributed by atoms with E-state index in [9.17, 15) is 4.79 Å². The van der Waals surface area contributed by atoms with Gasteiger partial charge in [0.2, 0.25) is 0 Å². The van der Waals surface area contributed by atoms with Gasteiger partial charge in [0, 0.05) is 11.9 Å². The lowest BCUT2D eigenvalue weighted by Crippen LogP contribution is -2.23. The van der Waals surface area contributed by atoms with Crippen LogP contribution in [-0.4, -0.2) is 5.91 Å². The second kappa shape index (κ2) is 5.02. The predicted octanol–water partition coefficient (Wildman–Crippen LogP) is 2.58. The number of amides is 1. The van der Waals surface area contributed by atoms with E-state index in [4.69, 9.17) is 6.42 Å². The Bertz CT molecular complexity index is 408. The predicted molar refractivity (Wildman–Crippen MR) is 62.2 cm³/mol. The van der Waals surface area contributed by atoms with Gasteiger partial charge in [-0.3, -0.25) is 9.69 Å². The van der Waals surface area contributed by atoms with Crippen molar-refractivity contribution >= 4 is 11.6 Å². The highest BCUT2D eigenvalue weighted by molar-refractivity contribution is 6.06. The summed E-state index contributed by atoms with van der Waals surface area (Å²) < 4.78 is 0.